The number of halogens is 1. The average molecular weight is 425 g/mol. The summed E-state index contributed by atoms with van der Waals surface area (Å²) in [7, 11) is 0. The number of hydrogen-bond donors (Lipinski definition) is 2. The Morgan fingerprint density at radius 1 is 1.00 bits per heavy atom. The van der Waals surface area contributed by atoms with Crippen LogP contribution in [0.4, 0.5) is 4.39 Å². The van der Waals surface area contributed by atoms with Crippen LogP contribution in [0.5, 0.6) is 0 Å². The molecule has 30 heavy (non-hydrogen) atoms. The summed E-state index contributed by atoms with van der Waals surface area (Å²) >= 11 is 1.40. The van der Waals surface area contributed by atoms with E-state index in [4.69, 9.17) is 0 Å². The van der Waals surface area contributed by atoms with E-state index in [1.807, 2.05) is 18.2 Å². The van der Waals surface area contributed by atoms with E-state index in [-0.39, 0.29) is 17.8 Å². The molecule has 3 aromatic rings. The molecule has 0 unspecified atom stereocenters. The summed E-state index contributed by atoms with van der Waals surface area (Å²) in [6.45, 7) is 3.22. The Morgan fingerprint density at radius 3 is 2.37 bits per heavy atom. The fourth-order valence-electron chi connectivity index (χ4n) is 3.60. The Bertz CT molecular complexity index is 977. The number of nitrogens with one attached hydrogen (secondary N) is 1. The Kier molecular flexibility index (Phi) is 6.57. The Morgan fingerprint density at radius 2 is 1.67 bits per heavy atom. The van der Waals surface area contributed by atoms with Gasteiger partial charge in [-0.05, 0) is 53.8 Å². The lowest BCUT2D eigenvalue weighted by molar-refractivity contribution is 0.0792. The van der Waals surface area contributed by atoms with Crippen molar-refractivity contribution in [2.45, 2.75) is 32.0 Å². The molecule has 4 rings (SSSR count). The van der Waals surface area contributed by atoms with Crippen LogP contribution in [-0.2, 0) is 13.1 Å². The zero-order valence-electron chi connectivity index (χ0n) is 16.7. The molecule has 2 N–H and O–H groups in total. The van der Waals surface area contributed by atoms with Crippen molar-refractivity contribution in [3.05, 3.63) is 82.5 Å². The topological polar surface area (TPSA) is 52.6 Å². The first kappa shape index (κ1) is 20.7. The van der Waals surface area contributed by atoms with Crippen LogP contribution in [0.2, 0.25) is 0 Å². The fourth-order valence-corrected chi connectivity index (χ4v) is 4.52. The fraction of sp³-hybridized carbons (Fsp3) is 0.292. The third-order valence-corrected chi connectivity index (χ3v) is 6.53. The number of aliphatic hydroxyl groups excluding tert-OH is 1. The lowest BCUT2D eigenvalue weighted by atomic mass is 10.1. The van der Waals surface area contributed by atoms with Gasteiger partial charge in [0.1, 0.15) is 5.82 Å². The molecule has 0 atom stereocenters. The predicted octanol–water partition coefficient (Wildman–Crippen LogP) is 4.44. The van der Waals surface area contributed by atoms with Gasteiger partial charge in [-0.3, -0.25) is 9.69 Å². The average Bonchev–Trinajstić information content (AvgIpc) is 3.25. The summed E-state index contributed by atoms with van der Waals surface area (Å²) in [4.78, 5) is 16.4. The molecule has 1 aliphatic rings. The maximum Gasteiger partial charge on any atom is 0.261 e. The second-order valence-corrected chi connectivity index (χ2v) is 8.76. The van der Waals surface area contributed by atoms with Gasteiger partial charge in [0.05, 0.1) is 11.0 Å². The Labute approximate surface area is 180 Å². The molecule has 0 bridgehead atoms. The zero-order chi connectivity index (χ0) is 20.9. The van der Waals surface area contributed by atoms with E-state index < -0.39 is 0 Å². The van der Waals surface area contributed by atoms with Gasteiger partial charge in [-0.1, -0.05) is 36.4 Å². The highest BCUT2D eigenvalue weighted by molar-refractivity contribution is 7.17. The molecule has 0 aliphatic carbocycles. The number of carbonyl (C=O) groups is 1. The molecule has 1 fully saturated rings. The van der Waals surface area contributed by atoms with Crippen LogP contribution in [-0.4, -0.2) is 35.1 Å². The third kappa shape index (κ3) is 5.33. The van der Waals surface area contributed by atoms with Gasteiger partial charge < -0.3 is 10.4 Å². The molecule has 6 heteroatoms. The number of nitrogens with zero attached hydrogens (tertiary/aromatic N) is 1. The van der Waals surface area contributed by atoms with Gasteiger partial charge in [0.25, 0.3) is 5.91 Å². The maximum absolute atomic E-state index is 13.1. The van der Waals surface area contributed by atoms with E-state index >= 15 is 0 Å². The van der Waals surface area contributed by atoms with Gasteiger partial charge in [-0.15, -0.1) is 11.3 Å². The van der Waals surface area contributed by atoms with E-state index in [1.165, 1.54) is 29.0 Å². The minimum atomic E-state index is -0.269. The van der Waals surface area contributed by atoms with Crippen LogP contribution in [0, 0.1) is 5.82 Å². The smallest absolute Gasteiger partial charge is 0.261 e. The van der Waals surface area contributed by atoms with Crippen molar-refractivity contribution in [3.8, 4) is 10.4 Å². The van der Waals surface area contributed by atoms with Crippen LogP contribution in [0.15, 0.2) is 60.7 Å². The number of amides is 1. The first-order valence-corrected chi connectivity index (χ1v) is 11.0. The van der Waals surface area contributed by atoms with E-state index in [2.05, 4.69) is 22.3 Å². The number of aliphatic hydroxyl groups is 1. The van der Waals surface area contributed by atoms with Crippen molar-refractivity contribution in [1.29, 1.82) is 0 Å². The van der Waals surface area contributed by atoms with Crippen LogP contribution in [0.25, 0.3) is 10.4 Å². The van der Waals surface area contributed by atoms with Crippen LogP contribution < -0.4 is 5.32 Å². The standard InChI is InChI=1S/C24H25FN2O2S/c25-20-7-5-19(6-8-20)22-9-10-23(30-22)24(29)26-15-17-1-3-18(4-2-17)16-27-13-11-21(28)12-14-27/h1-10,21,28H,11-16H2,(H,26,29). The summed E-state index contributed by atoms with van der Waals surface area (Å²) < 4.78 is 13.1. The van der Waals surface area contributed by atoms with Crippen LogP contribution in [0.1, 0.15) is 33.6 Å². The summed E-state index contributed by atoms with van der Waals surface area (Å²) in [6, 6.07) is 18.3. The van der Waals surface area contributed by atoms with E-state index in [1.54, 1.807) is 18.2 Å². The van der Waals surface area contributed by atoms with Crippen molar-refractivity contribution >= 4 is 17.2 Å². The second-order valence-electron chi connectivity index (χ2n) is 7.68. The molecule has 156 valence electrons. The second kappa shape index (κ2) is 9.51. The highest BCUT2D eigenvalue weighted by Gasteiger charge is 2.16. The lowest BCUT2D eigenvalue weighted by Crippen LogP contribution is -2.35. The first-order chi connectivity index (χ1) is 14.6. The van der Waals surface area contributed by atoms with Gasteiger partial charge in [-0.25, -0.2) is 4.39 Å². The molecule has 1 aromatic heterocycles. The van der Waals surface area contributed by atoms with E-state index in [9.17, 15) is 14.3 Å². The highest BCUT2D eigenvalue weighted by atomic mass is 32.1. The Hall–Kier alpha value is -2.54. The van der Waals surface area contributed by atoms with Crippen molar-refractivity contribution in [1.82, 2.24) is 10.2 Å². The lowest BCUT2D eigenvalue weighted by Gasteiger charge is -2.29. The molecule has 1 amide bonds. The summed E-state index contributed by atoms with van der Waals surface area (Å²) in [6.07, 6.45) is 1.54. The Balaban J connectivity index is 1.29. The molecule has 0 saturated carbocycles. The van der Waals surface area contributed by atoms with Crippen LogP contribution in [0.3, 0.4) is 0 Å². The zero-order valence-corrected chi connectivity index (χ0v) is 17.5. The van der Waals surface area contributed by atoms with Gasteiger partial charge in [0, 0.05) is 31.1 Å². The molecule has 1 saturated heterocycles. The largest absolute Gasteiger partial charge is 0.393 e. The quantitative estimate of drug-likeness (QED) is 0.615. The number of piperidine rings is 1. The van der Waals surface area contributed by atoms with Crippen molar-refractivity contribution in [2.75, 3.05) is 13.1 Å². The molecule has 0 radical (unpaired) electrons. The van der Waals surface area contributed by atoms with E-state index in [0.29, 0.717) is 11.4 Å². The number of thiophene rings is 1. The molecule has 2 aromatic carbocycles. The summed E-state index contributed by atoms with van der Waals surface area (Å²) in [5.41, 5.74) is 3.19. The highest BCUT2D eigenvalue weighted by Crippen LogP contribution is 2.28. The molecule has 4 nitrogen and oxygen atoms in total. The van der Waals surface area contributed by atoms with E-state index in [0.717, 1.165) is 48.5 Å². The van der Waals surface area contributed by atoms with Gasteiger partial charge >= 0.3 is 0 Å². The first-order valence-electron chi connectivity index (χ1n) is 10.2. The van der Waals surface area contributed by atoms with Crippen molar-refractivity contribution in [2.24, 2.45) is 0 Å². The maximum atomic E-state index is 13.1. The predicted molar refractivity (Wildman–Crippen MR) is 118 cm³/mol. The number of hydrogen-bond acceptors (Lipinski definition) is 4. The molecule has 1 aliphatic heterocycles. The number of carbonyl (C=O) groups excluding carboxylic acids is 1. The summed E-state index contributed by atoms with van der Waals surface area (Å²) in [5.74, 6) is -0.377. The van der Waals surface area contributed by atoms with Crippen molar-refractivity contribution in [3.63, 3.8) is 0 Å². The van der Waals surface area contributed by atoms with Gasteiger partial charge in [-0.2, -0.15) is 0 Å². The van der Waals surface area contributed by atoms with Crippen molar-refractivity contribution < 1.29 is 14.3 Å². The molecule has 0 spiro atoms. The normalized spacial score (nSPS) is 15.3. The SMILES string of the molecule is O=C(NCc1ccc(CN2CCC(O)CC2)cc1)c1ccc(-c2ccc(F)cc2)s1. The van der Waals surface area contributed by atoms with Crippen LogP contribution >= 0.6 is 11.3 Å². The van der Waals surface area contributed by atoms with Gasteiger partial charge in [0.2, 0.25) is 0 Å². The number of rotatable bonds is 6. The minimum absolute atomic E-state index is 0.107. The summed E-state index contributed by atoms with van der Waals surface area (Å²) in [5, 5.41) is 12.6. The third-order valence-electron chi connectivity index (χ3n) is 5.40. The number of benzene rings is 2. The molecular formula is C24H25FN2O2S. The molecular weight excluding hydrogens is 399 g/mol. The monoisotopic (exact) mass is 424 g/mol. The molecule has 2 heterocycles. The minimum Gasteiger partial charge on any atom is -0.393 e. The van der Waals surface area contributed by atoms with Gasteiger partial charge in [0.15, 0.2) is 0 Å². The number of likely N-dealkylation sites (tertiary alicyclic amines) is 1.